The fourth-order valence-corrected chi connectivity index (χ4v) is 2.75. The van der Waals surface area contributed by atoms with Gasteiger partial charge in [-0.15, -0.1) is 0 Å². The fraction of sp³-hybridized carbons (Fsp3) is 0.176. The van der Waals surface area contributed by atoms with Crippen LogP contribution < -0.4 is 5.32 Å². The summed E-state index contributed by atoms with van der Waals surface area (Å²) in [6.07, 6.45) is -10.2. The van der Waals surface area contributed by atoms with Crippen molar-refractivity contribution in [1.29, 1.82) is 0 Å². The van der Waals surface area contributed by atoms with Crippen LogP contribution in [0.2, 0.25) is 0 Å². The lowest BCUT2D eigenvalue weighted by molar-refractivity contribution is -0.143. The Kier molecular flexibility index (Phi) is 5.48. The maximum atomic E-state index is 13.1. The van der Waals surface area contributed by atoms with E-state index < -0.39 is 29.6 Å². The Morgan fingerprint density at radius 3 is 2.21 bits per heavy atom. The first-order chi connectivity index (χ1) is 13.4. The van der Waals surface area contributed by atoms with Crippen LogP contribution in [0, 0.1) is 0 Å². The average Bonchev–Trinajstić information content (AvgIpc) is 3.21. The first-order valence-corrected chi connectivity index (χ1v) is 8.62. The summed E-state index contributed by atoms with van der Waals surface area (Å²) in [5, 5.41) is 5.54. The quantitative estimate of drug-likeness (QED) is 0.504. The van der Waals surface area contributed by atoms with Crippen LogP contribution in [0.4, 0.5) is 32.0 Å². The molecule has 1 N–H and O–H groups in total. The second-order valence-corrected chi connectivity index (χ2v) is 6.58. The number of hydrogen-bond donors (Lipinski definition) is 1. The van der Waals surface area contributed by atoms with Gasteiger partial charge in [0, 0.05) is 11.8 Å². The van der Waals surface area contributed by atoms with Crippen molar-refractivity contribution >= 4 is 27.5 Å². The molecule has 0 bridgehead atoms. The Bertz CT molecular complexity index is 1020. The number of anilines is 1. The van der Waals surface area contributed by atoms with Gasteiger partial charge in [0.25, 0.3) is 0 Å². The molecule has 0 spiro atoms. The van der Waals surface area contributed by atoms with Gasteiger partial charge in [-0.2, -0.15) is 31.4 Å². The smallest absolute Gasteiger partial charge is 0.435 e. The molecule has 1 aromatic carbocycles. The van der Waals surface area contributed by atoms with E-state index in [0.29, 0.717) is 10.4 Å². The zero-order chi connectivity index (χ0) is 21.4. The number of carbonyl (C=O) groups excluding carboxylic acids is 1. The van der Waals surface area contributed by atoms with Crippen molar-refractivity contribution in [2.24, 2.45) is 0 Å². The van der Waals surface area contributed by atoms with Gasteiger partial charge in [-0.05, 0) is 52.3 Å². The highest BCUT2D eigenvalue weighted by Crippen LogP contribution is 2.36. The minimum atomic E-state index is -5.04. The first kappa shape index (κ1) is 21.0. The number of carbonyl (C=O) groups is 1. The second kappa shape index (κ2) is 7.58. The Morgan fingerprint density at radius 1 is 1.03 bits per heavy atom. The van der Waals surface area contributed by atoms with Gasteiger partial charge in [-0.3, -0.25) is 4.79 Å². The van der Waals surface area contributed by atoms with Gasteiger partial charge in [0.05, 0.1) is 12.1 Å². The lowest BCUT2D eigenvalue weighted by atomic mass is 10.2. The minimum Gasteiger partial charge on any atom is -0.454 e. The molecule has 0 aliphatic heterocycles. The van der Waals surface area contributed by atoms with Gasteiger partial charge in [0.15, 0.2) is 10.4 Å². The number of amides is 1. The summed E-state index contributed by atoms with van der Waals surface area (Å²) in [5.74, 6) is -0.0638. The third-order valence-corrected chi connectivity index (χ3v) is 4.08. The zero-order valence-electron chi connectivity index (χ0n) is 14.1. The Morgan fingerprint density at radius 2 is 1.69 bits per heavy atom. The summed E-state index contributed by atoms with van der Waals surface area (Å²) in [6, 6.07) is 7.86. The number of nitrogens with zero attached hydrogens (tertiary/aromatic N) is 2. The highest BCUT2D eigenvalue weighted by atomic mass is 79.9. The molecule has 0 aliphatic carbocycles. The number of rotatable bonds is 4. The molecule has 0 unspecified atom stereocenters. The van der Waals surface area contributed by atoms with E-state index in [1.807, 2.05) is 0 Å². The predicted molar refractivity (Wildman–Crippen MR) is 92.3 cm³/mol. The molecule has 0 saturated heterocycles. The number of hydrogen-bond acceptors (Lipinski definition) is 3. The van der Waals surface area contributed by atoms with E-state index in [0.717, 1.165) is 12.1 Å². The van der Waals surface area contributed by atoms with Crippen molar-refractivity contribution in [1.82, 2.24) is 9.78 Å². The van der Waals surface area contributed by atoms with Crippen molar-refractivity contribution in [2.45, 2.75) is 18.8 Å². The SMILES string of the molecule is O=C(Cc1ccc(Br)o1)Nc1ccc(-n2nc(C(F)(F)F)cc2C(F)(F)F)cc1. The molecule has 3 rings (SSSR count). The van der Waals surface area contributed by atoms with Gasteiger partial charge in [-0.25, -0.2) is 4.68 Å². The van der Waals surface area contributed by atoms with Crippen LogP contribution in [0.25, 0.3) is 5.69 Å². The van der Waals surface area contributed by atoms with Crippen molar-refractivity contribution < 1.29 is 35.6 Å². The van der Waals surface area contributed by atoms with Gasteiger partial charge in [0.2, 0.25) is 5.91 Å². The molecule has 0 saturated carbocycles. The molecule has 29 heavy (non-hydrogen) atoms. The van der Waals surface area contributed by atoms with Crippen LogP contribution in [-0.2, 0) is 23.6 Å². The molecule has 1 amide bonds. The molecular weight excluding hydrogens is 472 g/mol. The molecule has 0 radical (unpaired) electrons. The number of aromatic nitrogens is 2. The molecular formula is C17H10BrF6N3O2. The fourth-order valence-electron chi connectivity index (χ4n) is 2.41. The van der Waals surface area contributed by atoms with Crippen LogP contribution in [0.15, 0.2) is 51.6 Å². The van der Waals surface area contributed by atoms with E-state index in [-0.39, 0.29) is 28.5 Å². The highest BCUT2D eigenvalue weighted by molar-refractivity contribution is 9.10. The topological polar surface area (TPSA) is 60.1 Å². The molecule has 0 aliphatic rings. The third-order valence-electron chi connectivity index (χ3n) is 3.65. The van der Waals surface area contributed by atoms with Gasteiger partial charge < -0.3 is 9.73 Å². The number of benzene rings is 1. The van der Waals surface area contributed by atoms with Crippen molar-refractivity contribution in [3.63, 3.8) is 0 Å². The second-order valence-electron chi connectivity index (χ2n) is 5.80. The molecule has 3 aromatic rings. The van der Waals surface area contributed by atoms with Crippen LogP contribution in [0.5, 0.6) is 0 Å². The normalized spacial score (nSPS) is 12.2. The van der Waals surface area contributed by atoms with Gasteiger partial charge in [0.1, 0.15) is 11.5 Å². The average molecular weight is 482 g/mol. The van der Waals surface area contributed by atoms with E-state index in [2.05, 4.69) is 26.3 Å². The van der Waals surface area contributed by atoms with E-state index >= 15 is 0 Å². The van der Waals surface area contributed by atoms with E-state index in [1.54, 1.807) is 12.1 Å². The lowest BCUT2D eigenvalue weighted by Gasteiger charge is -2.11. The third kappa shape index (κ3) is 5.00. The van der Waals surface area contributed by atoms with Crippen LogP contribution in [0.3, 0.4) is 0 Å². The number of halogens is 7. The molecule has 154 valence electrons. The monoisotopic (exact) mass is 481 g/mol. The predicted octanol–water partition coefficient (Wildman–Crippen LogP) is 5.45. The van der Waals surface area contributed by atoms with Crippen LogP contribution in [0.1, 0.15) is 17.1 Å². The summed E-state index contributed by atoms with van der Waals surface area (Å²) in [4.78, 5) is 12.0. The van der Waals surface area contributed by atoms with E-state index in [1.165, 1.54) is 12.1 Å². The summed E-state index contributed by atoms with van der Waals surface area (Å²) in [7, 11) is 0. The molecule has 0 atom stereocenters. The van der Waals surface area contributed by atoms with Crippen molar-refractivity contribution in [2.75, 3.05) is 5.32 Å². The summed E-state index contributed by atoms with van der Waals surface area (Å²) >= 11 is 3.10. The first-order valence-electron chi connectivity index (χ1n) is 7.82. The Labute approximate surface area is 167 Å². The summed E-state index contributed by atoms with van der Waals surface area (Å²) < 4.78 is 83.4. The van der Waals surface area contributed by atoms with E-state index in [4.69, 9.17) is 4.42 Å². The number of nitrogens with one attached hydrogen (secondary N) is 1. The van der Waals surface area contributed by atoms with Crippen LogP contribution in [-0.4, -0.2) is 15.7 Å². The summed E-state index contributed by atoms with van der Waals surface area (Å²) in [5.41, 5.74) is -3.24. The molecule has 2 heterocycles. The maximum Gasteiger partial charge on any atom is 0.435 e. The Hall–Kier alpha value is -2.76. The maximum absolute atomic E-state index is 13.1. The standard InChI is InChI=1S/C17H10BrF6N3O2/c18-14-6-5-11(29-14)7-15(28)25-9-1-3-10(4-2-9)27-13(17(22,23)24)8-12(26-27)16(19,20)21/h1-6,8H,7H2,(H,25,28). The van der Waals surface area contributed by atoms with Gasteiger partial charge >= 0.3 is 12.4 Å². The largest absolute Gasteiger partial charge is 0.454 e. The van der Waals surface area contributed by atoms with Crippen molar-refractivity contribution in [3.8, 4) is 5.69 Å². The van der Waals surface area contributed by atoms with E-state index in [9.17, 15) is 31.1 Å². The van der Waals surface area contributed by atoms with Crippen LogP contribution >= 0.6 is 15.9 Å². The lowest BCUT2D eigenvalue weighted by Crippen LogP contribution is -2.15. The number of alkyl halides is 6. The highest BCUT2D eigenvalue weighted by Gasteiger charge is 2.42. The molecule has 2 aromatic heterocycles. The zero-order valence-corrected chi connectivity index (χ0v) is 15.7. The Balaban J connectivity index is 1.81. The van der Waals surface area contributed by atoms with Gasteiger partial charge in [-0.1, -0.05) is 0 Å². The number of furan rings is 1. The summed E-state index contributed by atoms with van der Waals surface area (Å²) in [6.45, 7) is 0. The molecule has 12 heteroatoms. The minimum absolute atomic E-state index is 0.0584. The molecule has 0 fully saturated rings. The molecule has 5 nitrogen and oxygen atoms in total. The van der Waals surface area contributed by atoms with Crippen molar-refractivity contribution in [3.05, 3.63) is 64.3 Å².